The van der Waals surface area contributed by atoms with Gasteiger partial charge in [-0.3, -0.25) is 0 Å². The first-order chi connectivity index (χ1) is 9.08. The van der Waals surface area contributed by atoms with Gasteiger partial charge in [-0.15, -0.1) is 0 Å². The van der Waals surface area contributed by atoms with E-state index in [9.17, 15) is 0 Å². The van der Waals surface area contributed by atoms with Gasteiger partial charge in [0.2, 0.25) is 0 Å². The van der Waals surface area contributed by atoms with Crippen molar-refractivity contribution in [2.75, 3.05) is 11.1 Å². The first kappa shape index (κ1) is 13.7. The van der Waals surface area contributed by atoms with Crippen LogP contribution in [0.3, 0.4) is 0 Å². The predicted octanol–water partition coefficient (Wildman–Crippen LogP) is 3.43. The number of rotatable bonds is 5. The van der Waals surface area contributed by atoms with Crippen LogP contribution in [0.15, 0.2) is 24.3 Å². The summed E-state index contributed by atoms with van der Waals surface area (Å²) in [5, 5.41) is 4.23. The molecule has 0 unspecified atom stereocenters. The van der Waals surface area contributed by atoms with E-state index in [0.29, 0.717) is 11.6 Å². The summed E-state index contributed by atoms with van der Waals surface area (Å²) in [6.07, 6.45) is 0.0812. The number of aryl methyl sites for hydroxylation is 1. The molecule has 0 aliphatic rings. The molecule has 19 heavy (non-hydrogen) atoms. The second-order valence-corrected chi connectivity index (χ2v) is 5.45. The Morgan fingerprint density at radius 1 is 1.37 bits per heavy atom. The standard InChI is InChI=1S/C14H19N3OS/c1-9(2)18-12-13(15)17-19-14(12)16-8-11-7-5-4-6-10(11)3/h4-7,9,16H,8H2,1-3H3,(H2,15,17). The van der Waals surface area contributed by atoms with E-state index in [1.165, 1.54) is 22.7 Å². The highest BCUT2D eigenvalue weighted by Gasteiger charge is 2.14. The Balaban J connectivity index is 2.10. The Hall–Kier alpha value is -1.75. The maximum absolute atomic E-state index is 5.82. The average Bonchev–Trinajstić information content (AvgIpc) is 2.70. The smallest absolute Gasteiger partial charge is 0.197 e. The number of aromatic nitrogens is 1. The van der Waals surface area contributed by atoms with Gasteiger partial charge >= 0.3 is 0 Å². The van der Waals surface area contributed by atoms with Crippen molar-refractivity contribution in [1.82, 2.24) is 4.37 Å². The first-order valence-corrected chi connectivity index (χ1v) is 7.05. The Morgan fingerprint density at radius 3 is 2.79 bits per heavy atom. The van der Waals surface area contributed by atoms with E-state index in [1.807, 2.05) is 26.0 Å². The molecule has 0 spiro atoms. The Kier molecular flexibility index (Phi) is 4.27. The fourth-order valence-electron chi connectivity index (χ4n) is 1.74. The summed E-state index contributed by atoms with van der Waals surface area (Å²) in [6, 6.07) is 8.28. The van der Waals surface area contributed by atoms with Gasteiger partial charge in [0.1, 0.15) is 0 Å². The number of hydrogen-bond acceptors (Lipinski definition) is 5. The van der Waals surface area contributed by atoms with Crippen LogP contribution in [0.2, 0.25) is 0 Å². The maximum atomic E-state index is 5.82. The summed E-state index contributed by atoms with van der Waals surface area (Å²) in [7, 11) is 0. The van der Waals surface area contributed by atoms with Gasteiger partial charge in [-0.1, -0.05) is 24.3 Å². The number of nitrogens with one attached hydrogen (secondary N) is 1. The fraction of sp³-hybridized carbons (Fsp3) is 0.357. The summed E-state index contributed by atoms with van der Waals surface area (Å²) in [5.74, 6) is 1.11. The molecule has 0 amide bonds. The van der Waals surface area contributed by atoms with Gasteiger partial charge in [0.05, 0.1) is 6.10 Å². The van der Waals surface area contributed by atoms with Crippen LogP contribution in [-0.4, -0.2) is 10.5 Å². The highest BCUT2D eigenvalue weighted by molar-refractivity contribution is 7.11. The molecule has 2 rings (SSSR count). The molecule has 0 saturated heterocycles. The van der Waals surface area contributed by atoms with Gasteiger partial charge in [0.25, 0.3) is 0 Å². The van der Waals surface area contributed by atoms with Crippen LogP contribution in [0.5, 0.6) is 5.75 Å². The van der Waals surface area contributed by atoms with Gasteiger partial charge in [0.15, 0.2) is 16.6 Å². The van der Waals surface area contributed by atoms with Gasteiger partial charge in [0, 0.05) is 6.54 Å². The Bertz CT molecular complexity index is 551. The highest BCUT2D eigenvalue weighted by atomic mass is 32.1. The van der Waals surface area contributed by atoms with Crippen LogP contribution in [0, 0.1) is 6.92 Å². The van der Waals surface area contributed by atoms with Gasteiger partial charge in [-0.25, -0.2) is 0 Å². The topological polar surface area (TPSA) is 60.2 Å². The predicted molar refractivity (Wildman–Crippen MR) is 80.8 cm³/mol. The van der Waals surface area contributed by atoms with Crippen LogP contribution in [0.4, 0.5) is 10.8 Å². The Morgan fingerprint density at radius 2 is 2.11 bits per heavy atom. The van der Waals surface area contributed by atoms with Crippen LogP contribution in [-0.2, 0) is 6.54 Å². The normalized spacial score (nSPS) is 10.7. The summed E-state index contributed by atoms with van der Waals surface area (Å²) in [4.78, 5) is 0. The molecule has 5 heteroatoms. The number of ether oxygens (including phenoxy) is 1. The molecule has 1 aromatic carbocycles. The van der Waals surface area contributed by atoms with Gasteiger partial charge < -0.3 is 15.8 Å². The summed E-state index contributed by atoms with van der Waals surface area (Å²) < 4.78 is 9.83. The molecule has 1 heterocycles. The van der Waals surface area contributed by atoms with Gasteiger partial charge in [-0.05, 0) is 43.4 Å². The van der Waals surface area contributed by atoms with Crippen LogP contribution in [0.25, 0.3) is 0 Å². The molecule has 0 aliphatic carbocycles. The lowest BCUT2D eigenvalue weighted by Gasteiger charge is -2.12. The van der Waals surface area contributed by atoms with E-state index in [4.69, 9.17) is 10.5 Å². The van der Waals surface area contributed by atoms with Crippen molar-refractivity contribution in [2.45, 2.75) is 33.4 Å². The molecular formula is C14H19N3OS. The van der Waals surface area contributed by atoms with E-state index < -0.39 is 0 Å². The van der Waals surface area contributed by atoms with Crippen molar-refractivity contribution < 1.29 is 4.74 Å². The second kappa shape index (κ2) is 5.93. The van der Waals surface area contributed by atoms with E-state index in [1.54, 1.807) is 0 Å². The third-order valence-corrected chi connectivity index (χ3v) is 3.53. The highest BCUT2D eigenvalue weighted by Crippen LogP contribution is 2.36. The SMILES string of the molecule is Cc1ccccc1CNc1snc(N)c1OC(C)C. The molecule has 0 radical (unpaired) electrons. The van der Waals surface area contributed by atoms with E-state index >= 15 is 0 Å². The minimum atomic E-state index is 0.0812. The molecule has 0 bridgehead atoms. The average molecular weight is 277 g/mol. The summed E-state index contributed by atoms with van der Waals surface area (Å²) in [5.41, 5.74) is 8.34. The zero-order valence-electron chi connectivity index (χ0n) is 11.4. The van der Waals surface area contributed by atoms with Crippen molar-refractivity contribution in [2.24, 2.45) is 0 Å². The minimum absolute atomic E-state index is 0.0812. The number of anilines is 2. The zero-order valence-corrected chi connectivity index (χ0v) is 12.3. The number of nitrogens with zero attached hydrogens (tertiary/aromatic N) is 1. The number of nitrogen functional groups attached to an aromatic ring is 1. The number of hydrogen-bond donors (Lipinski definition) is 2. The second-order valence-electron chi connectivity index (χ2n) is 4.67. The van der Waals surface area contributed by atoms with Crippen molar-refractivity contribution in [1.29, 1.82) is 0 Å². The largest absolute Gasteiger partial charge is 0.484 e. The minimum Gasteiger partial charge on any atom is -0.484 e. The van der Waals surface area contributed by atoms with Crippen molar-refractivity contribution in [3.63, 3.8) is 0 Å². The molecule has 3 N–H and O–H groups in total. The third-order valence-electron chi connectivity index (χ3n) is 2.73. The summed E-state index contributed by atoms with van der Waals surface area (Å²) >= 11 is 1.33. The van der Waals surface area contributed by atoms with E-state index in [0.717, 1.165) is 11.5 Å². The van der Waals surface area contributed by atoms with Crippen LogP contribution >= 0.6 is 11.5 Å². The molecule has 0 saturated carbocycles. The molecule has 0 aliphatic heterocycles. The summed E-state index contributed by atoms with van der Waals surface area (Å²) in [6.45, 7) is 6.79. The lowest BCUT2D eigenvalue weighted by atomic mass is 10.1. The van der Waals surface area contributed by atoms with Crippen molar-refractivity contribution in [3.05, 3.63) is 35.4 Å². The lowest BCUT2D eigenvalue weighted by molar-refractivity contribution is 0.245. The fourth-order valence-corrected chi connectivity index (χ4v) is 2.38. The van der Waals surface area contributed by atoms with Crippen LogP contribution < -0.4 is 15.8 Å². The Labute approximate surface area is 117 Å². The molecule has 102 valence electrons. The van der Waals surface area contributed by atoms with Gasteiger partial charge in [-0.2, -0.15) is 4.37 Å². The molecule has 0 fully saturated rings. The third kappa shape index (κ3) is 3.38. The quantitative estimate of drug-likeness (QED) is 0.879. The molecule has 4 nitrogen and oxygen atoms in total. The van der Waals surface area contributed by atoms with Crippen LogP contribution in [0.1, 0.15) is 25.0 Å². The first-order valence-electron chi connectivity index (χ1n) is 6.28. The zero-order chi connectivity index (χ0) is 13.8. The van der Waals surface area contributed by atoms with Crippen molar-refractivity contribution >= 4 is 22.4 Å². The molecular weight excluding hydrogens is 258 g/mol. The van der Waals surface area contributed by atoms with E-state index in [-0.39, 0.29) is 6.10 Å². The molecule has 2 aromatic rings. The maximum Gasteiger partial charge on any atom is 0.197 e. The molecule has 0 atom stereocenters. The monoisotopic (exact) mass is 277 g/mol. The number of nitrogens with two attached hydrogens (primary N) is 1. The van der Waals surface area contributed by atoms with E-state index in [2.05, 4.69) is 28.7 Å². The molecule has 1 aromatic heterocycles. The lowest BCUT2D eigenvalue weighted by Crippen LogP contribution is -2.09. The number of benzene rings is 1. The van der Waals surface area contributed by atoms with Crippen molar-refractivity contribution in [3.8, 4) is 5.75 Å².